The van der Waals surface area contributed by atoms with Gasteiger partial charge in [-0.15, -0.1) is 0 Å². The van der Waals surface area contributed by atoms with Gasteiger partial charge in [0.1, 0.15) is 0 Å². The smallest absolute Gasteiger partial charge is 0.862 e. The summed E-state index contributed by atoms with van der Waals surface area (Å²) in [5.41, 5.74) is 0. The minimum absolute atomic E-state index is 0. The van der Waals surface area contributed by atoms with E-state index in [0.717, 1.165) is 19.3 Å². The summed E-state index contributed by atoms with van der Waals surface area (Å²) in [6.07, 6.45) is 7.19. The minimum atomic E-state index is -0.929. The topological polar surface area (TPSA) is 96.2 Å². The first-order valence-corrected chi connectivity index (χ1v) is 7.85. The van der Waals surface area contributed by atoms with Crippen LogP contribution in [-0.4, -0.2) is 53.3 Å². The number of nitrogens with zero attached hydrogens (tertiary/aromatic N) is 2. The maximum atomic E-state index is 11.6. The molecule has 2 N–H and O–H groups in total. The van der Waals surface area contributed by atoms with E-state index < -0.39 is 5.97 Å². The minimum Gasteiger partial charge on any atom is -0.862 e. The van der Waals surface area contributed by atoms with Gasteiger partial charge in [0, 0.05) is 13.2 Å². The van der Waals surface area contributed by atoms with E-state index in [1.165, 1.54) is 12.8 Å². The zero-order valence-corrected chi connectivity index (χ0v) is 16.1. The van der Waals surface area contributed by atoms with Crippen LogP contribution in [-0.2, 0) is 4.79 Å². The molecule has 124 valence electrons. The van der Waals surface area contributed by atoms with E-state index in [-0.39, 0.29) is 55.3 Å². The molecule has 0 aliphatic heterocycles. The standard InChI is InChI=1S/C15H30N2O4.Na/c1-2-3-4-5-6-9-14(19)16-13-17(12-15(20)21)10-7-8-11-18;/h18H,2-13H2,1H3,(H,16,19)(H,20,21);/q;+1/p-1. The maximum Gasteiger partial charge on any atom is 1.00 e. The van der Waals surface area contributed by atoms with Crippen LogP contribution >= 0.6 is 0 Å². The first-order valence-electron chi connectivity index (χ1n) is 7.85. The molecule has 0 fully saturated rings. The van der Waals surface area contributed by atoms with Gasteiger partial charge in [-0.05, 0) is 31.6 Å². The molecule has 0 aromatic carbocycles. The molecule has 7 heteroatoms. The summed E-state index contributed by atoms with van der Waals surface area (Å²) < 4.78 is 0. The Balaban J connectivity index is 0. The summed E-state index contributed by atoms with van der Waals surface area (Å²) in [5.74, 6) is -1.08. The Morgan fingerprint density at radius 3 is 2.41 bits per heavy atom. The second kappa shape index (κ2) is 17.2. The van der Waals surface area contributed by atoms with E-state index in [4.69, 9.17) is 10.2 Å². The van der Waals surface area contributed by atoms with Gasteiger partial charge < -0.3 is 15.3 Å². The number of unbranched alkanes of at least 4 members (excludes halogenated alkanes) is 5. The fraction of sp³-hybridized carbons (Fsp3) is 0.867. The molecule has 0 aromatic rings. The fourth-order valence-electron chi connectivity index (χ4n) is 1.98. The van der Waals surface area contributed by atoms with Crippen molar-refractivity contribution in [3.8, 4) is 0 Å². The van der Waals surface area contributed by atoms with Crippen LogP contribution in [0.5, 0.6) is 0 Å². The van der Waals surface area contributed by atoms with Crippen molar-refractivity contribution in [2.24, 2.45) is 4.99 Å². The summed E-state index contributed by atoms with van der Waals surface area (Å²) >= 11 is 0. The Morgan fingerprint density at radius 1 is 1.14 bits per heavy atom. The van der Waals surface area contributed by atoms with Crippen molar-refractivity contribution >= 4 is 11.9 Å². The Labute approximate surface area is 155 Å². The average Bonchev–Trinajstić information content (AvgIpc) is 2.44. The number of carbonyl (C=O) groups is 1. The average molecular weight is 324 g/mol. The van der Waals surface area contributed by atoms with Crippen LogP contribution in [0.4, 0.5) is 0 Å². The van der Waals surface area contributed by atoms with Gasteiger partial charge in [-0.1, -0.05) is 32.6 Å². The molecule has 0 bridgehead atoms. The number of aliphatic hydroxyl groups is 1. The largest absolute Gasteiger partial charge is 1.00 e. The van der Waals surface area contributed by atoms with Gasteiger partial charge in [0.25, 0.3) is 0 Å². The van der Waals surface area contributed by atoms with Crippen molar-refractivity contribution in [2.75, 3.05) is 26.4 Å². The van der Waals surface area contributed by atoms with E-state index in [1.807, 2.05) is 0 Å². The first-order chi connectivity index (χ1) is 10.1. The molecule has 0 unspecified atom stereocenters. The predicted octanol–water partition coefficient (Wildman–Crippen LogP) is -1.77. The molecule has 0 saturated heterocycles. The first kappa shape index (κ1) is 24.1. The van der Waals surface area contributed by atoms with Crippen LogP contribution in [0.25, 0.3) is 0 Å². The molecule has 0 spiro atoms. The molecular formula is C15H29N2NaO4. The molecule has 0 aromatic heterocycles. The molecule has 0 atom stereocenters. The predicted molar refractivity (Wildman–Crippen MR) is 81.2 cm³/mol. The molecular weight excluding hydrogens is 295 g/mol. The summed E-state index contributed by atoms with van der Waals surface area (Å²) in [4.78, 5) is 16.3. The molecule has 0 rings (SSSR count). The Kier molecular flexibility index (Phi) is 18.9. The van der Waals surface area contributed by atoms with Crippen molar-refractivity contribution in [3.63, 3.8) is 0 Å². The second-order valence-corrected chi connectivity index (χ2v) is 5.23. The number of hydrogen-bond donors (Lipinski definition) is 2. The zero-order chi connectivity index (χ0) is 15.9. The zero-order valence-electron chi connectivity index (χ0n) is 14.1. The molecule has 0 radical (unpaired) electrons. The van der Waals surface area contributed by atoms with Crippen LogP contribution in [0, 0.1) is 0 Å². The normalized spacial score (nSPS) is 11.5. The van der Waals surface area contributed by atoms with Crippen molar-refractivity contribution in [2.45, 2.75) is 58.3 Å². The SMILES string of the molecule is CCCCCCCC([O-])=NCN(CCCCO)CC(=O)O.[Na+]. The second-order valence-electron chi connectivity index (χ2n) is 5.23. The third-order valence-electron chi connectivity index (χ3n) is 3.18. The number of carboxylic acids is 1. The third kappa shape index (κ3) is 16.2. The van der Waals surface area contributed by atoms with E-state index in [2.05, 4.69) is 11.9 Å². The number of aliphatic imine (C=N–C) groups is 1. The van der Waals surface area contributed by atoms with Crippen LogP contribution in [0.3, 0.4) is 0 Å². The van der Waals surface area contributed by atoms with Crippen molar-refractivity contribution < 1.29 is 49.7 Å². The van der Waals surface area contributed by atoms with Crippen molar-refractivity contribution in [3.05, 3.63) is 0 Å². The van der Waals surface area contributed by atoms with E-state index >= 15 is 0 Å². The molecule has 6 nitrogen and oxygen atoms in total. The summed E-state index contributed by atoms with van der Waals surface area (Å²) in [5, 5.41) is 29.2. The molecule has 0 amide bonds. The molecule has 22 heavy (non-hydrogen) atoms. The fourth-order valence-corrected chi connectivity index (χ4v) is 1.98. The van der Waals surface area contributed by atoms with E-state index in [9.17, 15) is 9.90 Å². The molecule has 0 saturated carbocycles. The van der Waals surface area contributed by atoms with Gasteiger partial charge in [-0.25, -0.2) is 0 Å². The quantitative estimate of drug-likeness (QED) is 0.171. The summed E-state index contributed by atoms with van der Waals surface area (Å²) in [6.45, 7) is 2.77. The molecule has 0 aliphatic rings. The number of aliphatic hydroxyl groups excluding tert-OH is 1. The van der Waals surface area contributed by atoms with Gasteiger partial charge >= 0.3 is 35.5 Å². The van der Waals surface area contributed by atoms with Crippen molar-refractivity contribution in [1.82, 2.24) is 4.90 Å². The van der Waals surface area contributed by atoms with Gasteiger partial charge in [0.15, 0.2) is 0 Å². The summed E-state index contributed by atoms with van der Waals surface area (Å²) in [6, 6.07) is 0. The molecule has 0 aliphatic carbocycles. The van der Waals surface area contributed by atoms with Gasteiger partial charge in [0.05, 0.1) is 13.2 Å². The van der Waals surface area contributed by atoms with Crippen LogP contribution in [0.1, 0.15) is 58.3 Å². The van der Waals surface area contributed by atoms with Crippen molar-refractivity contribution in [1.29, 1.82) is 0 Å². The maximum absolute atomic E-state index is 11.6. The number of carboxylic acid groups (broad SMARTS) is 1. The number of hydrogen-bond acceptors (Lipinski definition) is 5. The number of rotatable bonds is 14. The van der Waals surface area contributed by atoms with Crippen LogP contribution in [0.15, 0.2) is 4.99 Å². The van der Waals surface area contributed by atoms with Crippen LogP contribution in [0.2, 0.25) is 0 Å². The molecule has 0 heterocycles. The monoisotopic (exact) mass is 324 g/mol. The van der Waals surface area contributed by atoms with Gasteiger partial charge in [-0.2, -0.15) is 0 Å². The Hall–Kier alpha value is -0.140. The Bertz CT molecular complexity index is 301. The van der Waals surface area contributed by atoms with E-state index in [0.29, 0.717) is 25.8 Å². The summed E-state index contributed by atoms with van der Waals surface area (Å²) in [7, 11) is 0. The van der Waals surface area contributed by atoms with Gasteiger partial charge in [-0.3, -0.25) is 14.7 Å². The van der Waals surface area contributed by atoms with Gasteiger partial charge in [0.2, 0.25) is 0 Å². The number of aliphatic carboxylic acids is 1. The van der Waals surface area contributed by atoms with Crippen LogP contribution < -0.4 is 34.7 Å². The third-order valence-corrected chi connectivity index (χ3v) is 3.18. The Morgan fingerprint density at radius 2 is 1.82 bits per heavy atom. The van der Waals surface area contributed by atoms with E-state index in [1.54, 1.807) is 4.90 Å².